The van der Waals surface area contributed by atoms with E-state index in [-0.39, 0.29) is 0 Å². The average molecular weight is 214 g/mol. The van der Waals surface area contributed by atoms with Crippen LogP contribution >= 0.6 is 0 Å². The lowest BCUT2D eigenvalue weighted by Crippen LogP contribution is -2.08. The largest absolute Gasteiger partial charge is 0.257 e. The molecule has 4 nitrogen and oxygen atoms in total. The third-order valence-electron chi connectivity index (χ3n) is 2.61. The molecule has 0 radical (unpaired) electrons. The first kappa shape index (κ1) is 9.71. The lowest BCUT2D eigenvalue weighted by molar-refractivity contribution is 0.580. The molecular formula is C9H14N2O2S. The summed E-state index contributed by atoms with van der Waals surface area (Å²) in [5.74, 6) is 0. The van der Waals surface area contributed by atoms with Gasteiger partial charge in [-0.15, -0.1) is 0 Å². The van der Waals surface area contributed by atoms with Crippen molar-refractivity contribution in [2.75, 3.05) is 6.26 Å². The van der Waals surface area contributed by atoms with E-state index in [1.54, 1.807) is 7.05 Å². The summed E-state index contributed by atoms with van der Waals surface area (Å²) in [5.41, 5.74) is 1.92. The van der Waals surface area contributed by atoms with E-state index in [4.69, 9.17) is 0 Å². The summed E-state index contributed by atoms with van der Waals surface area (Å²) in [6.07, 6.45) is 5.21. The van der Waals surface area contributed by atoms with Crippen LogP contribution in [0.3, 0.4) is 0 Å². The molecule has 0 saturated carbocycles. The van der Waals surface area contributed by atoms with Gasteiger partial charge < -0.3 is 0 Å². The Morgan fingerprint density at radius 3 is 2.57 bits per heavy atom. The maximum absolute atomic E-state index is 11.5. The summed E-state index contributed by atoms with van der Waals surface area (Å²) < 4.78 is 24.6. The molecule has 1 aromatic heterocycles. The highest BCUT2D eigenvalue weighted by Crippen LogP contribution is 2.26. The maximum atomic E-state index is 11.5. The molecule has 78 valence electrons. The number of rotatable bonds is 1. The topological polar surface area (TPSA) is 52.0 Å². The molecule has 2 rings (SSSR count). The molecule has 1 aliphatic carbocycles. The molecule has 0 aliphatic heterocycles. The van der Waals surface area contributed by atoms with Crippen LogP contribution < -0.4 is 0 Å². The number of fused-ring (bicyclic) bond motifs is 1. The Bertz CT molecular complexity index is 459. The zero-order valence-corrected chi connectivity index (χ0v) is 9.26. The Hall–Kier alpha value is -0.840. The molecule has 1 heterocycles. The second-order valence-corrected chi connectivity index (χ2v) is 5.76. The highest BCUT2D eigenvalue weighted by atomic mass is 32.2. The van der Waals surface area contributed by atoms with Gasteiger partial charge in [-0.2, -0.15) is 5.10 Å². The van der Waals surface area contributed by atoms with Crippen molar-refractivity contribution in [2.45, 2.75) is 30.7 Å². The van der Waals surface area contributed by atoms with E-state index in [1.807, 2.05) is 0 Å². The normalized spacial score (nSPS) is 16.7. The molecule has 0 bridgehead atoms. The molecule has 14 heavy (non-hydrogen) atoms. The van der Waals surface area contributed by atoms with Crippen LogP contribution in [0.1, 0.15) is 24.1 Å². The first-order valence-corrected chi connectivity index (χ1v) is 6.64. The summed E-state index contributed by atoms with van der Waals surface area (Å²) >= 11 is 0. The van der Waals surface area contributed by atoms with E-state index in [0.29, 0.717) is 5.03 Å². The fourth-order valence-corrected chi connectivity index (χ4v) is 3.30. The van der Waals surface area contributed by atoms with Gasteiger partial charge in [0.15, 0.2) is 14.9 Å². The van der Waals surface area contributed by atoms with Crippen LogP contribution in [0.5, 0.6) is 0 Å². The average Bonchev–Trinajstić information content (AvgIpc) is 2.38. The number of sulfone groups is 1. The van der Waals surface area contributed by atoms with E-state index in [9.17, 15) is 8.42 Å². The molecule has 0 saturated heterocycles. The van der Waals surface area contributed by atoms with Crippen LogP contribution in [0.4, 0.5) is 0 Å². The fraction of sp³-hybridized carbons (Fsp3) is 0.667. The van der Waals surface area contributed by atoms with Crippen LogP contribution in [0.15, 0.2) is 5.03 Å². The van der Waals surface area contributed by atoms with Crippen molar-refractivity contribution in [1.82, 2.24) is 9.78 Å². The summed E-state index contributed by atoms with van der Waals surface area (Å²) in [6.45, 7) is 0. The van der Waals surface area contributed by atoms with Gasteiger partial charge >= 0.3 is 0 Å². The van der Waals surface area contributed by atoms with Gasteiger partial charge in [0.05, 0.1) is 5.69 Å². The molecule has 0 amide bonds. The van der Waals surface area contributed by atoms with Gasteiger partial charge in [-0.3, -0.25) is 4.68 Å². The quantitative estimate of drug-likeness (QED) is 0.691. The molecule has 0 aromatic carbocycles. The molecule has 0 fully saturated rings. The Morgan fingerprint density at radius 2 is 1.93 bits per heavy atom. The predicted octanol–water partition coefficient (Wildman–Crippen LogP) is 0.702. The molecule has 0 atom stereocenters. The van der Waals surface area contributed by atoms with Crippen molar-refractivity contribution < 1.29 is 8.42 Å². The first-order valence-electron chi connectivity index (χ1n) is 4.75. The van der Waals surface area contributed by atoms with Gasteiger partial charge in [0.2, 0.25) is 0 Å². The van der Waals surface area contributed by atoms with E-state index in [2.05, 4.69) is 5.10 Å². The van der Waals surface area contributed by atoms with Crippen molar-refractivity contribution in [3.63, 3.8) is 0 Å². The smallest absolute Gasteiger partial charge is 0.192 e. The fourth-order valence-electron chi connectivity index (χ4n) is 2.12. The van der Waals surface area contributed by atoms with Gasteiger partial charge in [-0.25, -0.2) is 8.42 Å². The Balaban J connectivity index is 2.65. The Morgan fingerprint density at radius 1 is 1.29 bits per heavy atom. The van der Waals surface area contributed by atoms with Gasteiger partial charge in [0, 0.05) is 18.9 Å². The van der Waals surface area contributed by atoms with Gasteiger partial charge in [0.25, 0.3) is 0 Å². The minimum absolute atomic E-state index is 0.409. The summed E-state index contributed by atoms with van der Waals surface area (Å²) in [4.78, 5) is 0. The van der Waals surface area contributed by atoms with E-state index < -0.39 is 9.84 Å². The lowest BCUT2D eigenvalue weighted by Gasteiger charge is -2.09. The summed E-state index contributed by atoms with van der Waals surface area (Å²) in [5, 5.41) is 4.66. The summed E-state index contributed by atoms with van der Waals surface area (Å²) in [6, 6.07) is 0. The van der Waals surface area contributed by atoms with Gasteiger partial charge in [0.1, 0.15) is 0 Å². The minimum atomic E-state index is -3.13. The number of hydrogen-bond acceptors (Lipinski definition) is 3. The third-order valence-corrected chi connectivity index (χ3v) is 3.83. The number of aromatic nitrogens is 2. The molecule has 5 heteroatoms. The van der Waals surface area contributed by atoms with Crippen LogP contribution in [0, 0.1) is 0 Å². The summed E-state index contributed by atoms with van der Waals surface area (Å²) in [7, 11) is -1.43. The predicted molar refractivity (Wildman–Crippen MR) is 53.0 cm³/mol. The number of hydrogen-bond donors (Lipinski definition) is 0. The first-order chi connectivity index (χ1) is 6.50. The Labute approximate surface area is 83.8 Å². The van der Waals surface area contributed by atoms with Gasteiger partial charge in [-0.05, 0) is 25.7 Å². The molecule has 0 N–H and O–H groups in total. The van der Waals surface area contributed by atoms with Crippen LogP contribution in [0.2, 0.25) is 0 Å². The zero-order chi connectivity index (χ0) is 10.3. The maximum Gasteiger partial charge on any atom is 0.192 e. The van der Waals surface area contributed by atoms with Crippen molar-refractivity contribution in [3.8, 4) is 0 Å². The molecule has 0 spiro atoms. The monoisotopic (exact) mass is 214 g/mol. The zero-order valence-electron chi connectivity index (χ0n) is 8.45. The van der Waals surface area contributed by atoms with Gasteiger partial charge in [-0.1, -0.05) is 0 Å². The second-order valence-electron chi connectivity index (χ2n) is 3.83. The van der Waals surface area contributed by atoms with Crippen LogP contribution in [0.25, 0.3) is 0 Å². The molecular weight excluding hydrogens is 200 g/mol. The Kier molecular flexibility index (Phi) is 2.14. The molecule has 0 unspecified atom stereocenters. The number of nitrogens with zero attached hydrogens (tertiary/aromatic N) is 2. The highest BCUT2D eigenvalue weighted by molar-refractivity contribution is 7.90. The standard InChI is InChI=1S/C9H14N2O2S/c1-11-9(14(2,12)13)7-5-3-4-6-8(7)10-11/h3-6H2,1-2H3. The number of aryl methyl sites for hydroxylation is 2. The van der Waals surface area contributed by atoms with Crippen LogP contribution in [-0.2, 0) is 29.7 Å². The minimum Gasteiger partial charge on any atom is -0.257 e. The lowest BCUT2D eigenvalue weighted by atomic mass is 9.99. The van der Waals surface area contributed by atoms with Crippen molar-refractivity contribution in [3.05, 3.63) is 11.3 Å². The second kappa shape index (κ2) is 3.08. The van der Waals surface area contributed by atoms with E-state index in [0.717, 1.165) is 36.9 Å². The third kappa shape index (κ3) is 1.45. The van der Waals surface area contributed by atoms with E-state index in [1.165, 1.54) is 10.9 Å². The molecule has 1 aliphatic rings. The molecule has 1 aromatic rings. The SMILES string of the molecule is Cn1nc2c(c1S(C)(=O)=O)CCCC2. The highest BCUT2D eigenvalue weighted by Gasteiger charge is 2.24. The van der Waals surface area contributed by atoms with Crippen molar-refractivity contribution >= 4 is 9.84 Å². The van der Waals surface area contributed by atoms with Crippen molar-refractivity contribution in [2.24, 2.45) is 7.05 Å². The van der Waals surface area contributed by atoms with E-state index >= 15 is 0 Å². The van der Waals surface area contributed by atoms with Crippen LogP contribution in [-0.4, -0.2) is 24.5 Å². The van der Waals surface area contributed by atoms with Crippen molar-refractivity contribution in [1.29, 1.82) is 0 Å².